The molecule has 0 radical (unpaired) electrons. The summed E-state index contributed by atoms with van der Waals surface area (Å²) in [5.74, 6) is 2.26. The number of hydrogen-bond acceptors (Lipinski definition) is 5. The van der Waals surface area contributed by atoms with Crippen LogP contribution in [0.5, 0.6) is 11.5 Å². The largest absolute Gasteiger partial charge is 0.493 e. The molecule has 0 spiro atoms. The average molecular weight is 354 g/mol. The van der Waals surface area contributed by atoms with Crippen molar-refractivity contribution in [2.45, 2.75) is 24.6 Å². The van der Waals surface area contributed by atoms with E-state index in [-0.39, 0.29) is 6.03 Å². The van der Waals surface area contributed by atoms with Gasteiger partial charge in [0.25, 0.3) is 0 Å². The van der Waals surface area contributed by atoms with Crippen molar-refractivity contribution in [1.29, 1.82) is 0 Å². The second-order valence-electron chi connectivity index (χ2n) is 5.48. The topological polar surface area (TPSA) is 68.8 Å². The highest BCUT2D eigenvalue weighted by Crippen LogP contribution is 2.27. The van der Waals surface area contributed by atoms with Crippen LogP contribution in [-0.2, 0) is 11.3 Å². The number of ether oxygens (including phenoxy) is 3. The molecule has 1 heterocycles. The van der Waals surface area contributed by atoms with Crippen LogP contribution in [0.1, 0.15) is 18.4 Å². The Morgan fingerprint density at radius 3 is 2.67 bits per heavy atom. The number of urea groups is 1. The Labute approximate surface area is 147 Å². The van der Waals surface area contributed by atoms with Gasteiger partial charge in [-0.2, -0.15) is 11.8 Å². The van der Waals surface area contributed by atoms with Gasteiger partial charge in [-0.25, -0.2) is 4.79 Å². The van der Waals surface area contributed by atoms with Gasteiger partial charge in [0.15, 0.2) is 11.5 Å². The van der Waals surface area contributed by atoms with Gasteiger partial charge in [-0.05, 0) is 30.5 Å². The SMILES string of the molecule is COc1ccc(CNC(=O)NCCSC2CCOCC2)cc1OC. The van der Waals surface area contributed by atoms with Crippen molar-refractivity contribution < 1.29 is 19.0 Å². The molecule has 0 aliphatic carbocycles. The summed E-state index contributed by atoms with van der Waals surface area (Å²) in [6.07, 6.45) is 2.21. The first kappa shape index (κ1) is 18.7. The zero-order valence-corrected chi connectivity index (χ0v) is 15.1. The van der Waals surface area contributed by atoms with Crippen LogP contribution in [0.15, 0.2) is 18.2 Å². The summed E-state index contributed by atoms with van der Waals surface area (Å²) in [5.41, 5.74) is 0.958. The van der Waals surface area contributed by atoms with E-state index in [0.29, 0.717) is 29.8 Å². The van der Waals surface area contributed by atoms with E-state index < -0.39 is 0 Å². The smallest absolute Gasteiger partial charge is 0.315 e. The van der Waals surface area contributed by atoms with Crippen LogP contribution in [0, 0.1) is 0 Å². The van der Waals surface area contributed by atoms with Crippen molar-refractivity contribution in [3.8, 4) is 11.5 Å². The maximum atomic E-state index is 11.8. The number of thioether (sulfide) groups is 1. The van der Waals surface area contributed by atoms with Crippen molar-refractivity contribution >= 4 is 17.8 Å². The Bertz CT molecular complexity index is 521. The third-order valence-electron chi connectivity index (χ3n) is 3.81. The molecule has 1 saturated heterocycles. The minimum atomic E-state index is -0.155. The Kier molecular flexibility index (Phi) is 8.04. The molecule has 0 bridgehead atoms. The molecule has 7 heteroatoms. The predicted octanol–water partition coefficient (Wildman–Crippen LogP) is 2.42. The number of amides is 2. The molecule has 0 atom stereocenters. The van der Waals surface area contributed by atoms with Crippen molar-refractivity contribution in [1.82, 2.24) is 10.6 Å². The summed E-state index contributed by atoms with van der Waals surface area (Å²) in [4.78, 5) is 11.8. The first-order valence-electron chi connectivity index (χ1n) is 8.15. The highest BCUT2D eigenvalue weighted by molar-refractivity contribution is 7.99. The third kappa shape index (κ3) is 6.13. The van der Waals surface area contributed by atoms with E-state index in [0.717, 1.165) is 37.4 Å². The maximum absolute atomic E-state index is 11.8. The van der Waals surface area contributed by atoms with E-state index >= 15 is 0 Å². The number of nitrogens with one attached hydrogen (secondary N) is 2. The monoisotopic (exact) mass is 354 g/mol. The molecule has 1 aliphatic rings. The van der Waals surface area contributed by atoms with Crippen LogP contribution in [0.2, 0.25) is 0 Å². The molecule has 134 valence electrons. The fourth-order valence-electron chi connectivity index (χ4n) is 2.47. The fraction of sp³-hybridized carbons (Fsp3) is 0.588. The van der Waals surface area contributed by atoms with E-state index in [9.17, 15) is 4.79 Å². The van der Waals surface area contributed by atoms with Crippen LogP contribution in [-0.4, -0.2) is 51.0 Å². The Hall–Kier alpha value is -1.60. The summed E-state index contributed by atoms with van der Waals surface area (Å²) in [6.45, 7) is 2.83. The average Bonchev–Trinajstić information content (AvgIpc) is 2.64. The van der Waals surface area contributed by atoms with E-state index in [4.69, 9.17) is 14.2 Å². The molecule has 2 amide bonds. The number of carbonyl (C=O) groups is 1. The molecule has 2 rings (SSSR count). The first-order valence-corrected chi connectivity index (χ1v) is 9.19. The minimum Gasteiger partial charge on any atom is -0.493 e. The summed E-state index contributed by atoms with van der Waals surface area (Å²) in [7, 11) is 3.19. The Morgan fingerprint density at radius 2 is 1.96 bits per heavy atom. The number of hydrogen-bond donors (Lipinski definition) is 2. The summed E-state index contributed by atoms with van der Waals surface area (Å²) in [6, 6.07) is 5.44. The lowest BCUT2D eigenvalue weighted by molar-refractivity contribution is 0.100. The van der Waals surface area contributed by atoms with Gasteiger partial charge in [-0.15, -0.1) is 0 Å². The van der Waals surface area contributed by atoms with Crippen LogP contribution in [0.3, 0.4) is 0 Å². The molecule has 0 unspecified atom stereocenters. The summed E-state index contributed by atoms with van der Waals surface area (Å²) in [5, 5.41) is 6.40. The van der Waals surface area contributed by atoms with Crippen molar-refractivity contribution in [3.05, 3.63) is 23.8 Å². The van der Waals surface area contributed by atoms with E-state index in [1.807, 2.05) is 30.0 Å². The van der Waals surface area contributed by atoms with E-state index in [1.54, 1.807) is 14.2 Å². The van der Waals surface area contributed by atoms with Crippen LogP contribution >= 0.6 is 11.8 Å². The molecule has 1 aromatic carbocycles. The molecule has 6 nitrogen and oxygen atoms in total. The van der Waals surface area contributed by atoms with Gasteiger partial charge < -0.3 is 24.8 Å². The minimum absolute atomic E-state index is 0.155. The maximum Gasteiger partial charge on any atom is 0.315 e. The van der Waals surface area contributed by atoms with Crippen LogP contribution < -0.4 is 20.1 Å². The molecule has 1 aromatic rings. The van der Waals surface area contributed by atoms with Crippen molar-refractivity contribution in [3.63, 3.8) is 0 Å². The lowest BCUT2D eigenvalue weighted by Gasteiger charge is -2.21. The Balaban J connectivity index is 1.63. The molecule has 24 heavy (non-hydrogen) atoms. The van der Waals surface area contributed by atoms with E-state index in [1.165, 1.54) is 0 Å². The van der Waals surface area contributed by atoms with Crippen molar-refractivity contribution in [2.75, 3.05) is 39.7 Å². The number of rotatable bonds is 8. The second-order valence-corrected chi connectivity index (χ2v) is 6.89. The molecular weight excluding hydrogens is 328 g/mol. The highest BCUT2D eigenvalue weighted by Gasteiger charge is 2.13. The lowest BCUT2D eigenvalue weighted by Crippen LogP contribution is -2.36. The highest BCUT2D eigenvalue weighted by atomic mass is 32.2. The Morgan fingerprint density at radius 1 is 1.21 bits per heavy atom. The van der Waals surface area contributed by atoms with Crippen LogP contribution in [0.25, 0.3) is 0 Å². The van der Waals surface area contributed by atoms with Gasteiger partial charge in [0, 0.05) is 37.3 Å². The van der Waals surface area contributed by atoms with Gasteiger partial charge >= 0.3 is 6.03 Å². The molecule has 2 N–H and O–H groups in total. The standard InChI is InChI=1S/C17H26N2O4S/c1-21-15-4-3-13(11-16(15)22-2)12-19-17(20)18-7-10-24-14-5-8-23-9-6-14/h3-4,11,14H,5-10,12H2,1-2H3,(H2,18,19,20). The van der Waals surface area contributed by atoms with Crippen molar-refractivity contribution in [2.24, 2.45) is 0 Å². The van der Waals surface area contributed by atoms with Gasteiger partial charge in [-0.1, -0.05) is 6.07 Å². The molecular formula is C17H26N2O4S. The molecule has 0 saturated carbocycles. The van der Waals surface area contributed by atoms with Gasteiger partial charge in [-0.3, -0.25) is 0 Å². The van der Waals surface area contributed by atoms with E-state index in [2.05, 4.69) is 10.6 Å². The molecule has 0 aromatic heterocycles. The third-order valence-corrected chi connectivity index (χ3v) is 5.19. The molecule has 1 aliphatic heterocycles. The normalized spacial score (nSPS) is 14.9. The lowest BCUT2D eigenvalue weighted by atomic mass is 10.2. The number of carbonyl (C=O) groups excluding carboxylic acids is 1. The number of methoxy groups -OCH3 is 2. The summed E-state index contributed by atoms with van der Waals surface area (Å²) < 4.78 is 15.8. The van der Waals surface area contributed by atoms with Crippen LogP contribution in [0.4, 0.5) is 4.79 Å². The van der Waals surface area contributed by atoms with Gasteiger partial charge in [0.1, 0.15) is 0 Å². The first-order chi connectivity index (χ1) is 11.7. The fourth-order valence-corrected chi connectivity index (χ4v) is 3.55. The zero-order valence-electron chi connectivity index (χ0n) is 14.3. The molecule has 1 fully saturated rings. The second kappa shape index (κ2) is 10.3. The van der Waals surface area contributed by atoms with Gasteiger partial charge in [0.2, 0.25) is 0 Å². The zero-order chi connectivity index (χ0) is 17.2. The van der Waals surface area contributed by atoms with Gasteiger partial charge in [0.05, 0.1) is 14.2 Å². The number of benzene rings is 1. The summed E-state index contributed by atoms with van der Waals surface area (Å²) >= 11 is 1.91. The quantitative estimate of drug-likeness (QED) is 0.702. The predicted molar refractivity (Wildman–Crippen MR) is 96.1 cm³/mol.